The van der Waals surface area contributed by atoms with Crippen molar-refractivity contribution in [2.75, 3.05) is 0 Å². The molecule has 1 aliphatic heterocycles. The third-order valence-corrected chi connectivity index (χ3v) is 1.47. The van der Waals surface area contributed by atoms with Gasteiger partial charge in [-0.2, -0.15) is 10.4 Å². The molecule has 1 amide bonds. The quantitative estimate of drug-likeness (QED) is 0.597. The largest absolute Gasteiger partial charge is 0.293 e. The molecule has 1 heterocycles. The van der Waals surface area contributed by atoms with Gasteiger partial charge in [-0.1, -0.05) is 0 Å². The van der Waals surface area contributed by atoms with E-state index in [2.05, 4.69) is 10.2 Å². The number of hydrogen-bond donors (Lipinski definition) is 0. The van der Waals surface area contributed by atoms with Crippen LogP contribution >= 0.6 is 0 Å². The van der Waals surface area contributed by atoms with Crippen molar-refractivity contribution in [1.29, 1.82) is 5.26 Å². The van der Waals surface area contributed by atoms with Crippen LogP contribution < -0.4 is 0 Å². The van der Waals surface area contributed by atoms with Gasteiger partial charge in [0.1, 0.15) is 0 Å². The summed E-state index contributed by atoms with van der Waals surface area (Å²) in [6.45, 7) is 1.72. The van der Waals surface area contributed by atoms with Crippen molar-refractivity contribution in [1.82, 2.24) is 0 Å². The fourth-order valence-electron chi connectivity index (χ4n) is 0.865. The molecule has 0 aromatic carbocycles. The molecule has 4 heteroatoms. The molecular weight excluding hydrogens is 142 g/mol. The van der Waals surface area contributed by atoms with Gasteiger partial charge in [0.15, 0.2) is 0 Å². The Kier molecular flexibility index (Phi) is 2.12. The van der Waals surface area contributed by atoms with Crippen LogP contribution in [0.15, 0.2) is 21.5 Å². The van der Waals surface area contributed by atoms with Crippen LogP contribution in [-0.4, -0.2) is 5.91 Å². The van der Waals surface area contributed by atoms with E-state index in [-0.39, 0.29) is 5.91 Å². The molecule has 0 aromatic heterocycles. The lowest BCUT2D eigenvalue weighted by molar-refractivity contribution is -0.114. The van der Waals surface area contributed by atoms with Crippen molar-refractivity contribution in [3.8, 4) is 6.07 Å². The summed E-state index contributed by atoms with van der Waals surface area (Å²) in [5.74, 6) is -0.294. The summed E-state index contributed by atoms with van der Waals surface area (Å²) in [7, 11) is 0. The molecule has 4 nitrogen and oxygen atoms in total. The monoisotopic (exact) mass is 149 g/mol. The van der Waals surface area contributed by atoms with Crippen molar-refractivity contribution >= 4 is 5.91 Å². The van der Waals surface area contributed by atoms with Gasteiger partial charge >= 0.3 is 0 Å². The van der Waals surface area contributed by atoms with Crippen molar-refractivity contribution in [3.63, 3.8) is 0 Å². The molecule has 56 valence electrons. The molecule has 0 N–H and O–H groups in total. The van der Waals surface area contributed by atoms with E-state index in [9.17, 15) is 4.79 Å². The smallest absolute Gasteiger partial charge is 0.265 e. The Labute approximate surface area is 64.2 Å². The molecular formula is C7H7N3O. The third-order valence-electron chi connectivity index (χ3n) is 1.47. The van der Waals surface area contributed by atoms with Crippen LogP contribution in [0.5, 0.6) is 0 Å². The van der Waals surface area contributed by atoms with Gasteiger partial charge in [-0.15, -0.1) is 5.11 Å². The number of nitriles is 1. The van der Waals surface area contributed by atoms with Crippen molar-refractivity contribution in [3.05, 3.63) is 11.3 Å². The first-order valence-electron chi connectivity index (χ1n) is 3.28. The number of azo groups is 1. The minimum Gasteiger partial charge on any atom is -0.265 e. The first-order valence-corrected chi connectivity index (χ1v) is 3.28. The SMILES string of the molecule is CC1=C(CCC#N)C(=O)N=N1. The molecule has 0 saturated carbocycles. The summed E-state index contributed by atoms with van der Waals surface area (Å²) in [6.07, 6.45) is 0.817. The highest BCUT2D eigenvalue weighted by Gasteiger charge is 2.16. The number of carbonyl (C=O) groups excluding carboxylic acids is 1. The van der Waals surface area contributed by atoms with E-state index >= 15 is 0 Å². The van der Waals surface area contributed by atoms with E-state index in [4.69, 9.17) is 5.26 Å². The molecule has 0 atom stereocenters. The van der Waals surface area contributed by atoms with E-state index in [1.54, 1.807) is 6.92 Å². The number of hydrogen-bond acceptors (Lipinski definition) is 3. The van der Waals surface area contributed by atoms with Crippen LogP contribution in [0.25, 0.3) is 0 Å². The van der Waals surface area contributed by atoms with Gasteiger partial charge in [0.2, 0.25) is 0 Å². The summed E-state index contributed by atoms with van der Waals surface area (Å²) in [5.41, 5.74) is 1.22. The summed E-state index contributed by atoms with van der Waals surface area (Å²) >= 11 is 0. The Bertz CT molecular complexity index is 283. The molecule has 0 bridgehead atoms. The van der Waals surface area contributed by atoms with E-state index in [1.165, 1.54) is 0 Å². The van der Waals surface area contributed by atoms with Gasteiger partial charge in [-0.3, -0.25) is 4.79 Å². The van der Waals surface area contributed by atoms with Crippen LogP contribution in [-0.2, 0) is 4.79 Å². The Morgan fingerprint density at radius 3 is 2.73 bits per heavy atom. The van der Waals surface area contributed by atoms with Crippen LogP contribution in [0, 0.1) is 11.3 Å². The number of amides is 1. The molecule has 1 aliphatic rings. The lowest BCUT2D eigenvalue weighted by Gasteiger charge is -1.92. The minimum atomic E-state index is -0.294. The lowest BCUT2D eigenvalue weighted by atomic mass is 10.1. The van der Waals surface area contributed by atoms with Crippen LogP contribution in [0.2, 0.25) is 0 Å². The summed E-state index contributed by atoms with van der Waals surface area (Å²) in [4.78, 5) is 10.9. The second-order valence-electron chi connectivity index (χ2n) is 2.23. The van der Waals surface area contributed by atoms with Crippen LogP contribution in [0.4, 0.5) is 0 Å². The first kappa shape index (κ1) is 7.61. The van der Waals surface area contributed by atoms with Crippen molar-refractivity contribution in [2.45, 2.75) is 19.8 Å². The fraction of sp³-hybridized carbons (Fsp3) is 0.429. The number of allylic oxidation sites excluding steroid dienone is 1. The van der Waals surface area contributed by atoms with E-state index in [0.29, 0.717) is 24.1 Å². The molecule has 1 rings (SSSR count). The molecule has 0 unspecified atom stereocenters. The maximum atomic E-state index is 10.9. The van der Waals surface area contributed by atoms with Gasteiger partial charge in [0, 0.05) is 12.0 Å². The Morgan fingerprint density at radius 2 is 2.27 bits per heavy atom. The molecule has 0 radical (unpaired) electrons. The third kappa shape index (κ3) is 1.49. The second-order valence-corrected chi connectivity index (χ2v) is 2.23. The normalized spacial score (nSPS) is 15.8. The summed E-state index contributed by atoms with van der Waals surface area (Å²) < 4.78 is 0. The van der Waals surface area contributed by atoms with Gasteiger partial charge in [0.25, 0.3) is 5.91 Å². The van der Waals surface area contributed by atoms with E-state index in [0.717, 1.165) is 0 Å². The van der Waals surface area contributed by atoms with E-state index < -0.39 is 0 Å². The summed E-state index contributed by atoms with van der Waals surface area (Å²) in [5, 5.41) is 15.2. The zero-order chi connectivity index (χ0) is 8.27. The predicted molar refractivity (Wildman–Crippen MR) is 37.4 cm³/mol. The highest BCUT2D eigenvalue weighted by molar-refractivity contribution is 5.96. The Balaban J connectivity index is 2.67. The lowest BCUT2D eigenvalue weighted by Crippen LogP contribution is -1.94. The molecule has 0 spiro atoms. The van der Waals surface area contributed by atoms with E-state index in [1.807, 2.05) is 6.07 Å². The summed E-state index contributed by atoms with van der Waals surface area (Å²) in [6, 6.07) is 1.97. The molecule has 0 fully saturated rings. The second kappa shape index (κ2) is 3.06. The average molecular weight is 149 g/mol. The van der Waals surface area contributed by atoms with Crippen LogP contribution in [0.1, 0.15) is 19.8 Å². The Hall–Kier alpha value is -1.50. The molecule has 0 saturated heterocycles. The zero-order valence-corrected chi connectivity index (χ0v) is 6.16. The topological polar surface area (TPSA) is 65.6 Å². The maximum Gasteiger partial charge on any atom is 0.293 e. The number of carbonyl (C=O) groups is 1. The maximum absolute atomic E-state index is 10.9. The highest BCUT2D eigenvalue weighted by Crippen LogP contribution is 2.19. The van der Waals surface area contributed by atoms with Crippen molar-refractivity contribution in [2.24, 2.45) is 10.2 Å². The number of rotatable bonds is 2. The van der Waals surface area contributed by atoms with Gasteiger partial charge < -0.3 is 0 Å². The molecule has 0 aliphatic carbocycles. The average Bonchev–Trinajstić information content (AvgIpc) is 2.29. The standard InChI is InChI=1S/C7H7N3O/c1-5-6(3-2-4-8)7(11)10-9-5/h2-3H2,1H3. The zero-order valence-electron chi connectivity index (χ0n) is 6.16. The first-order chi connectivity index (χ1) is 5.25. The molecule has 11 heavy (non-hydrogen) atoms. The van der Waals surface area contributed by atoms with Crippen molar-refractivity contribution < 1.29 is 4.79 Å². The highest BCUT2D eigenvalue weighted by atomic mass is 16.2. The fourth-order valence-corrected chi connectivity index (χ4v) is 0.865. The predicted octanol–water partition coefficient (Wildman–Crippen LogP) is 1.56. The molecule has 0 aromatic rings. The van der Waals surface area contributed by atoms with Gasteiger partial charge in [-0.25, -0.2) is 0 Å². The van der Waals surface area contributed by atoms with Gasteiger partial charge in [0.05, 0.1) is 11.8 Å². The van der Waals surface area contributed by atoms with Gasteiger partial charge in [-0.05, 0) is 13.3 Å². The number of nitrogens with zero attached hydrogens (tertiary/aromatic N) is 3. The Morgan fingerprint density at radius 1 is 1.55 bits per heavy atom. The van der Waals surface area contributed by atoms with Crippen LogP contribution in [0.3, 0.4) is 0 Å². The minimum absolute atomic E-state index is 0.294.